The van der Waals surface area contributed by atoms with E-state index in [2.05, 4.69) is 6.58 Å². The van der Waals surface area contributed by atoms with Crippen LogP contribution in [0, 0.1) is 0 Å². The number of carbonyl (C=O) groups excluding carboxylic acids is 1. The highest BCUT2D eigenvalue weighted by Crippen LogP contribution is 2.22. The highest BCUT2D eigenvalue weighted by Gasteiger charge is 2.13. The van der Waals surface area contributed by atoms with Crippen molar-refractivity contribution in [2.24, 2.45) is 0 Å². The number of phenols is 2. The molecule has 0 amide bonds. The highest BCUT2D eigenvalue weighted by atomic mass is 16.6. The SMILES string of the molecule is C=COCCOC(=O)c1cc(O)ccc1O. The van der Waals surface area contributed by atoms with E-state index in [1.807, 2.05) is 0 Å². The van der Waals surface area contributed by atoms with Crippen molar-refractivity contribution in [2.45, 2.75) is 0 Å². The first-order valence-corrected chi connectivity index (χ1v) is 4.56. The summed E-state index contributed by atoms with van der Waals surface area (Å²) < 4.78 is 9.53. The Bertz CT molecular complexity index is 386. The third-order valence-corrected chi connectivity index (χ3v) is 1.75. The number of esters is 1. The van der Waals surface area contributed by atoms with Gasteiger partial charge in [-0.1, -0.05) is 6.58 Å². The van der Waals surface area contributed by atoms with Crippen molar-refractivity contribution in [1.29, 1.82) is 0 Å². The minimum absolute atomic E-state index is 0.0416. The second-order valence-electron chi connectivity index (χ2n) is 2.87. The first kappa shape index (κ1) is 11.9. The molecule has 1 aromatic rings. The molecule has 0 bridgehead atoms. The summed E-state index contributed by atoms with van der Waals surface area (Å²) in [6, 6.07) is 3.62. The molecule has 0 heterocycles. The number of benzene rings is 1. The largest absolute Gasteiger partial charge is 0.508 e. The Kier molecular flexibility index (Phi) is 4.20. The van der Waals surface area contributed by atoms with Gasteiger partial charge >= 0.3 is 5.97 Å². The molecule has 86 valence electrons. The molecule has 0 fully saturated rings. The summed E-state index contributed by atoms with van der Waals surface area (Å²) in [7, 11) is 0. The normalized spacial score (nSPS) is 9.50. The highest BCUT2D eigenvalue weighted by molar-refractivity contribution is 5.92. The van der Waals surface area contributed by atoms with Gasteiger partial charge in [0.15, 0.2) is 0 Å². The summed E-state index contributed by atoms with van der Waals surface area (Å²) in [5, 5.41) is 18.5. The van der Waals surface area contributed by atoms with E-state index >= 15 is 0 Å². The van der Waals surface area contributed by atoms with Gasteiger partial charge in [-0.2, -0.15) is 0 Å². The minimum Gasteiger partial charge on any atom is -0.508 e. The predicted molar refractivity (Wildman–Crippen MR) is 56.2 cm³/mol. The second kappa shape index (κ2) is 5.65. The van der Waals surface area contributed by atoms with Crippen LogP contribution < -0.4 is 0 Å². The van der Waals surface area contributed by atoms with Gasteiger partial charge in [0.1, 0.15) is 30.3 Å². The molecule has 0 saturated heterocycles. The molecule has 16 heavy (non-hydrogen) atoms. The lowest BCUT2D eigenvalue weighted by Crippen LogP contribution is -2.09. The molecule has 0 atom stereocenters. The average molecular weight is 224 g/mol. The van der Waals surface area contributed by atoms with Crippen LogP contribution in [0.4, 0.5) is 0 Å². The maximum absolute atomic E-state index is 11.4. The maximum Gasteiger partial charge on any atom is 0.342 e. The first-order chi connectivity index (χ1) is 7.65. The van der Waals surface area contributed by atoms with Crippen molar-refractivity contribution in [3.8, 4) is 11.5 Å². The molecular weight excluding hydrogens is 212 g/mol. The topological polar surface area (TPSA) is 76.0 Å². The lowest BCUT2D eigenvalue weighted by Gasteiger charge is -2.06. The zero-order valence-corrected chi connectivity index (χ0v) is 8.55. The quantitative estimate of drug-likeness (QED) is 0.342. The number of ether oxygens (including phenoxy) is 2. The van der Waals surface area contributed by atoms with E-state index in [0.29, 0.717) is 0 Å². The summed E-state index contributed by atoms with van der Waals surface area (Å²) in [5.41, 5.74) is -0.0846. The fourth-order valence-electron chi connectivity index (χ4n) is 1.03. The second-order valence-corrected chi connectivity index (χ2v) is 2.87. The predicted octanol–water partition coefficient (Wildman–Crippen LogP) is 1.41. The third-order valence-electron chi connectivity index (χ3n) is 1.75. The molecule has 0 spiro atoms. The first-order valence-electron chi connectivity index (χ1n) is 4.56. The zero-order chi connectivity index (χ0) is 12.0. The van der Waals surface area contributed by atoms with Crippen molar-refractivity contribution in [2.75, 3.05) is 13.2 Å². The fourth-order valence-corrected chi connectivity index (χ4v) is 1.03. The van der Waals surface area contributed by atoms with E-state index in [1.165, 1.54) is 18.4 Å². The van der Waals surface area contributed by atoms with Gasteiger partial charge in [-0.15, -0.1) is 0 Å². The zero-order valence-electron chi connectivity index (χ0n) is 8.55. The lowest BCUT2D eigenvalue weighted by molar-refractivity contribution is 0.0417. The van der Waals surface area contributed by atoms with Gasteiger partial charge < -0.3 is 19.7 Å². The van der Waals surface area contributed by atoms with E-state index in [9.17, 15) is 9.90 Å². The van der Waals surface area contributed by atoms with Crippen LogP contribution in [0.1, 0.15) is 10.4 Å². The smallest absolute Gasteiger partial charge is 0.342 e. The van der Waals surface area contributed by atoms with Crippen LogP contribution in [0.2, 0.25) is 0 Å². The van der Waals surface area contributed by atoms with Crippen molar-refractivity contribution >= 4 is 5.97 Å². The molecule has 1 aromatic carbocycles. The number of hydrogen-bond acceptors (Lipinski definition) is 5. The van der Waals surface area contributed by atoms with E-state index < -0.39 is 5.97 Å². The van der Waals surface area contributed by atoms with Crippen molar-refractivity contribution in [3.05, 3.63) is 36.6 Å². The van der Waals surface area contributed by atoms with Gasteiger partial charge in [0.25, 0.3) is 0 Å². The average Bonchev–Trinajstić information content (AvgIpc) is 2.27. The Balaban J connectivity index is 2.58. The van der Waals surface area contributed by atoms with Crippen LogP contribution in [0.5, 0.6) is 11.5 Å². The number of aromatic hydroxyl groups is 2. The van der Waals surface area contributed by atoms with Crippen LogP contribution in [0.25, 0.3) is 0 Å². The molecule has 0 aromatic heterocycles. The molecule has 0 aliphatic carbocycles. The molecular formula is C11H12O5. The number of rotatable bonds is 5. The van der Waals surface area contributed by atoms with Crippen molar-refractivity contribution in [1.82, 2.24) is 0 Å². The monoisotopic (exact) mass is 224 g/mol. The van der Waals surface area contributed by atoms with Gasteiger partial charge in [0, 0.05) is 0 Å². The van der Waals surface area contributed by atoms with E-state index in [1.54, 1.807) is 0 Å². The standard InChI is InChI=1S/C11H12O5/c1-2-15-5-6-16-11(14)9-7-8(12)3-4-10(9)13/h2-4,7,12-13H,1,5-6H2. The molecule has 0 saturated carbocycles. The molecule has 1 rings (SSSR count). The molecule has 0 aliphatic heterocycles. The van der Waals surface area contributed by atoms with Gasteiger partial charge in [-0.25, -0.2) is 4.79 Å². The van der Waals surface area contributed by atoms with Crippen LogP contribution in [0.3, 0.4) is 0 Å². The van der Waals surface area contributed by atoms with Gasteiger partial charge in [-0.3, -0.25) is 0 Å². The lowest BCUT2D eigenvalue weighted by atomic mass is 10.2. The van der Waals surface area contributed by atoms with E-state index in [0.717, 1.165) is 6.07 Å². The van der Waals surface area contributed by atoms with Crippen LogP contribution >= 0.6 is 0 Å². The Morgan fingerprint density at radius 2 is 2.12 bits per heavy atom. The Morgan fingerprint density at radius 1 is 1.38 bits per heavy atom. The molecule has 5 heteroatoms. The van der Waals surface area contributed by atoms with Crippen molar-refractivity contribution < 1.29 is 24.5 Å². The summed E-state index contributed by atoms with van der Waals surface area (Å²) >= 11 is 0. The van der Waals surface area contributed by atoms with Gasteiger partial charge in [-0.05, 0) is 18.2 Å². The Morgan fingerprint density at radius 3 is 2.81 bits per heavy atom. The Labute approximate surface area is 92.5 Å². The molecule has 2 N–H and O–H groups in total. The number of hydrogen-bond donors (Lipinski definition) is 2. The number of carbonyl (C=O) groups is 1. The minimum atomic E-state index is -0.721. The van der Waals surface area contributed by atoms with E-state index in [-0.39, 0.29) is 30.3 Å². The van der Waals surface area contributed by atoms with Crippen molar-refractivity contribution in [3.63, 3.8) is 0 Å². The van der Waals surface area contributed by atoms with E-state index in [4.69, 9.17) is 14.6 Å². The number of phenolic OH excluding ortho intramolecular Hbond substituents is 2. The molecule has 0 aliphatic rings. The molecule has 0 radical (unpaired) electrons. The molecule has 5 nitrogen and oxygen atoms in total. The van der Waals surface area contributed by atoms with Crippen LogP contribution in [-0.2, 0) is 9.47 Å². The summed E-state index contributed by atoms with van der Waals surface area (Å²) in [4.78, 5) is 11.4. The third kappa shape index (κ3) is 3.20. The fraction of sp³-hybridized carbons (Fsp3) is 0.182. The van der Waals surface area contributed by atoms with Crippen LogP contribution in [-0.4, -0.2) is 29.4 Å². The van der Waals surface area contributed by atoms with Gasteiger partial charge in [0.2, 0.25) is 0 Å². The van der Waals surface area contributed by atoms with Gasteiger partial charge in [0.05, 0.1) is 6.26 Å². The summed E-state index contributed by atoms with van der Waals surface area (Å²) in [6.07, 6.45) is 1.24. The summed E-state index contributed by atoms with van der Waals surface area (Å²) in [6.45, 7) is 3.56. The summed E-state index contributed by atoms with van der Waals surface area (Å²) in [5.74, 6) is -1.08. The Hall–Kier alpha value is -2.17. The maximum atomic E-state index is 11.4. The molecule has 0 unspecified atom stereocenters. The van der Waals surface area contributed by atoms with Crippen LogP contribution in [0.15, 0.2) is 31.0 Å².